The number of amides is 1. The molecule has 0 bridgehead atoms. The highest BCUT2D eigenvalue weighted by Gasteiger charge is 2.15. The van der Waals surface area contributed by atoms with E-state index in [2.05, 4.69) is 10.3 Å². The molecule has 136 valence electrons. The number of halogens is 2. The first-order valence-corrected chi connectivity index (χ1v) is 9.65. The summed E-state index contributed by atoms with van der Waals surface area (Å²) in [6.07, 6.45) is 1.62. The summed E-state index contributed by atoms with van der Waals surface area (Å²) in [5.74, 6) is 0.568. The number of thiazole rings is 1. The number of likely N-dealkylation sites (N-methyl/N-ethyl adjacent to an activating group) is 1. The van der Waals surface area contributed by atoms with E-state index in [4.69, 9.17) is 27.6 Å². The van der Waals surface area contributed by atoms with Gasteiger partial charge in [-0.25, -0.2) is 4.98 Å². The fourth-order valence-electron chi connectivity index (χ4n) is 2.40. The summed E-state index contributed by atoms with van der Waals surface area (Å²) in [5.41, 5.74) is 1.33. The predicted molar refractivity (Wildman–Crippen MR) is 106 cm³/mol. The third-order valence-electron chi connectivity index (χ3n) is 3.71. The zero-order valence-corrected chi connectivity index (χ0v) is 16.4. The predicted octanol–water partition coefficient (Wildman–Crippen LogP) is 5.17. The maximum absolute atomic E-state index is 12.4. The Balaban J connectivity index is 1.61. The molecule has 1 aromatic carbocycles. The molecule has 0 aliphatic rings. The van der Waals surface area contributed by atoms with E-state index in [0.29, 0.717) is 28.8 Å². The molecule has 8 heteroatoms. The molecule has 2 aromatic heterocycles. The van der Waals surface area contributed by atoms with Crippen LogP contribution in [0, 0.1) is 0 Å². The molecule has 2 heterocycles. The summed E-state index contributed by atoms with van der Waals surface area (Å²) >= 11 is 13.7. The molecule has 0 spiro atoms. The zero-order valence-electron chi connectivity index (χ0n) is 14.0. The summed E-state index contributed by atoms with van der Waals surface area (Å²) in [6.45, 7) is 3.48. The molecule has 1 N–H and O–H groups in total. The van der Waals surface area contributed by atoms with Crippen LogP contribution in [0.4, 0.5) is 5.69 Å². The number of furan rings is 1. The van der Waals surface area contributed by atoms with Crippen LogP contribution >= 0.6 is 34.5 Å². The third-order valence-corrected chi connectivity index (χ3v) is 5.25. The second-order valence-electron chi connectivity index (χ2n) is 5.57. The molecule has 1 amide bonds. The van der Waals surface area contributed by atoms with Gasteiger partial charge in [0.25, 0.3) is 0 Å². The maximum Gasteiger partial charge on any atom is 0.238 e. The number of carbonyl (C=O) groups is 1. The number of benzene rings is 1. The number of aromatic nitrogens is 1. The van der Waals surface area contributed by atoms with E-state index in [1.54, 1.807) is 24.5 Å². The quantitative estimate of drug-likeness (QED) is 0.584. The van der Waals surface area contributed by atoms with E-state index in [1.807, 2.05) is 29.3 Å². The van der Waals surface area contributed by atoms with Gasteiger partial charge in [-0.2, -0.15) is 0 Å². The summed E-state index contributed by atoms with van der Waals surface area (Å²) in [7, 11) is 0. The second-order valence-corrected chi connectivity index (χ2v) is 7.24. The molecule has 0 radical (unpaired) electrons. The van der Waals surface area contributed by atoms with Crippen LogP contribution in [0.5, 0.6) is 0 Å². The van der Waals surface area contributed by atoms with Crippen molar-refractivity contribution in [1.82, 2.24) is 9.88 Å². The zero-order chi connectivity index (χ0) is 18.5. The number of nitrogens with one attached hydrogen (secondary N) is 1. The molecule has 0 atom stereocenters. The Hall–Kier alpha value is -1.86. The first-order valence-electron chi connectivity index (χ1n) is 8.01. The van der Waals surface area contributed by atoms with Gasteiger partial charge < -0.3 is 9.73 Å². The molecule has 0 aliphatic heterocycles. The molecule has 0 saturated carbocycles. The lowest BCUT2D eigenvalue weighted by atomic mass is 10.3. The number of anilines is 1. The van der Waals surface area contributed by atoms with E-state index in [1.165, 1.54) is 11.3 Å². The molecular weight excluding hydrogens is 393 g/mol. The highest BCUT2D eigenvalue weighted by Crippen LogP contribution is 2.29. The lowest BCUT2D eigenvalue weighted by Crippen LogP contribution is -2.33. The van der Waals surface area contributed by atoms with Gasteiger partial charge in [-0.3, -0.25) is 9.69 Å². The minimum Gasteiger partial charge on any atom is -0.462 e. The van der Waals surface area contributed by atoms with E-state index >= 15 is 0 Å². The largest absolute Gasteiger partial charge is 0.462 e. The van der Waals surface area contributed by atoms with E-state index in [9.17, 15) is 4.79 Å². The van der Waals surface area contributed by atoms with Gasteiger partial charge in [0.15, 0.2) is 10.8 Å². The Bertz CT molecular complexity index is 860. The van der Waals surface area contributed by atoms with Gasteiger partial charge in [-0.15, -0.1) is 11.3 Å². The van der Waals surface area contributed by atoms with Crippen molar-refractivity contribution in [3.8, 4) is 10.8 Å². The normalized spacial score (nSPS) is 11.1. The van der Waals surface area contributed by atoms with Gasteiger partial charge in [-0.05, 0) is 30.8 Å². The minimum atomic E-state index is -0.177. The average molecular weight is 410 g/mol. The number of nitrogens with zero attached hydrogens (tertiary/aromatic N) is 2. The summed E-state index contributed by atoms with van der Waals surface area (Å²) < 4.78 is 5.36. The van der Waals surface area contributed by atoms with Crippen LogP contribution in [0.3, 0.4) is 0 Å². The first kappa shape index (κ1) is 18.9. The van der Waals surface area contributed by atoms with Gasteiger partial charge >= 0.3 is 0 Å². The number of hydrogen-bond acceptors (Lipinski definition) is 5. The highest BCUT2D eigenvalue weighted by atomic mass is 35.5. The smallest absolute Gasteiger partial charge is 0.238 e. The number of rotatable bonds is 7. The maximum atomic E-state index is 12.4. The molecule has 5 nitrogen and oxygen atoms in total. The second kappa shape index (κ2) is 8.68. The number of carbonyl (C=O) groups excluding carboxylic acids is 1. The van der Waals surface area contributed by atoms with Crippen molar-refractivity contribution in [3.05, 3.63) is 57.7 Å². The Labute approximate surface area is 165 Å². The Morgan fingerprint density at radius 3 is 2.69 bits per heavy atom. The molecule has 0 saturated heterocycles. The molecule has 3 aromatic rings. The van der Waals surface area contributed by atoms with Crippen molar-refractivity contribution in [2.45, 2.75) is 13.5 Å². The number of hydrogen-bond donors (Lipinski definition) is 1. The number of para-hydroxylation sites is 1. The lowest BCUT2D eigenvalue weighted by molar-refractivity contribution is -0.117. The van der Waals surface area contributed by atoms with Crippen LogP contribution in [0.2, 0.25) is 10.0 Å². The molecule has 26 heavy (non-hydrogen) atoms. The Kier molecular flexibility index (Phi) is 6.32. The van der Waals surface area contributed by atoms with Gasteiger partial charge in [0.1, 0.15) is 0 Å². The standard InChI is InChI=1S/C18H17Cl2N3O2S/c1-2-23(9-12-11-26-18(21-12)15-7-4-8-25-15)10-16(24)22-17-13(19)5-3-6-14(17)20/h3-8,11H,2,9-10H2,1H3,(H,22,24). The van der Waals surface area contributed by atoms with E-state index in [-0.39, 0.29) is 12.5 Å². The molecule has 0 unspecified atom stereocenters. The highest BCUT2D eigenvalue weighted by molar-refractivity contribution is 7.13. The van der Waals surface area contributed by atoms with Crippen LogP contribution in [0.1, 0.15) is 12.6 Å². The van der Waals surface area contributed by atoms with Crippen molar-refractivity contribution < 1.29 is 9.21 Å². The van der Waals surface area contributed by atoms with E-state index in [0.717, 1.165) is 16.5 Å². The summed E-state index contributed by atoms with van der Waals surface area (Å²) in [4.78, 5) is 18.9. The average Bonchev–Trinajstić information content (AvgIpc) is 3.29. The van der Waals surface area contributed by atoms with Gasteiger partial charge in [0.2, 0.25) is 5.91 Å². The Morgan fingerprint density at radius 2 is 2.04 bits per heavy atom. The van der Waals surface area contributed by atoms with Crippen LogP contribution in [0.15, 0.2) is 46.4 Å². The van der Waals surface area contributed by atoms with Crippen molar-refractivity contribution in [2.75, 3.05) is 18.4 Å². The van der Waals surface area contributed by atoms with Crippen LogP contribution in [-0.4, -0.2) is 28.9 Å². The Morgan fingerprint density at radius 1 is 1.27 bits per heavy atom. The third kappa shape index (κ3) is 4.65. The monoisotopic (exact) mass is 409 g/mol. The first-order chi connectivity index (χ1) is 12.6. The van der Waals surface area contributed by atoms with Crippen molar-refractivity contribution in [2.24, 2.45) is 0 Å². The van der Waals surface area contributed by atoms with Crippen LogP contribution in [0.25, 0.3) is 10.8 Å². The van der Waals surface area contributed by atoms with Crippen LogP contribution in [-0.2, 0) is 11.3 Å². The fraction of sp³-hybridized carbons (Fsp3) is 0.222. The van der Waals surface area contributed by atoms with Gasteiger partial charge in [0, 0.05) is 11.9 Å². The van der Waals surface area contributed by atoms with Gasteiger partial charge in [0.05, 0.1) is 34.2 Å². The molecule has 0 fully saturated rings. The molecule has 3 rings (SSSR count). The van der Waals surface area contributed by atoms with Gasteiger partial charge in [-0.1, -0.05) is 36.2 Å². The van der Waals surface area contributed by atoms with Crippen LogP contribution < -0.4 is 5.32 Å². The molecular formula is C18H17Cl2N3O2S. The fourth-order valence-corrected chi connectivity index (χ4v) is 3.67. The van der Waals surface area contributed by atoms with Crippen molar-refractivity contribution in [3.63, 3.8) is 0 Å². The minimum absolute atomic E-state index is 0.177. The summed E-state index contributed by atoms with van der Waals surface area (Å²) in [5, 5.41) is 6.41. The SMILES string of the molecule is CCN(CC(=O)Nc1c(Cl)cccc1Cl)Cc1csc(-c2ccco2)n1. The van der Waals surface area contributed by atoms with Crippen molar-refractivity contribution in [1.29, 1.82) is 0 Å². The topological polar surface area (TPSA) is 58.4 Å². The summed E-state index contributed by atoms with van der Waals surface area (Å²) in [6, 6.07) is 8.82. The lowest BCUT2D eigenvalue weighted by Gasteiger charge is -2.19. The molecule has 0 aliphatic carbocycles. The van der Waals surface area contributed by atoms with E-state index < -0.39 is 0 Å². The van der Waals surface area contributed by atoms with Crippen molar-refractivity contribution >= 4 is 46.1 Å².